The van der Waals surface area contributed by atoms with Crippen molar-refractivity contribution in [2.24, 2.45) is 5.92 Å². The third-order valence-corrected chi connectivity index (χ3v) is 2.59. The predicted molar refractivity (Wildman–Crippen MR) is 50.1 cm³/mol. The molecular weight excluding hydrogens is 205 g/mol. The van der Waals surface area contributed by atoms with Crippen LogP contribution in [0.5, 0.6) is 0 Å². The van der Waals surface area contributed by atoms with E-state index in [-0.39, 0.29) is 5.82 Å². The maximum Gasteiger partial charge on any atom is 0.251 e. The molecule has 0 aromatic carbocycles. The third-order valence-electron chi connectivity index (χ3n) is 2.59. The van der Waals surface area contributed by atoms with Crippen molar-refractivity contribution in [2.75, 3.05) is 18.0 Å². The predicted octanol–water partition coefficient (Wildman–Crippen LogP) is 2.35. The smallest absolute Gasteiger partial charge is 0.251 e. The minimum atomic E-state index is -1.25. The highest BCUT2D eigenvalue weighted by Gasteiger charge is 2.24. The van der Waals surface area contributed by atoms with Crippen LogP contribution in [-0.4, -0.2) is 18.1 Å². The number of aromatic nitrogens is 1. The number of rotatable bonds is 1. The maximum absolute atomic E-state index is 13.3. The van der Waals surface area contributed by atoms with Gasteiger partial charge in [-0.05, 0) is 12.3 Å². The molecule has 1 aliphatic heterocycles. The molecule has 82 valence electrons. The van der Waals surface area contributed by atoms with Crippen molar-refractivity contribution in [2.45, 2.75) is 13.3 Å². The third kappa shape index (κ3) is 1.91. The summed E-state index contributed by atoms with van der Waals surface area (Å²) >= 11 is 0. The highest BCUT2D eigenvalue weighted by atomic mass is 19.2. The number of hydrogen-bond donors (Lipinski definition) is 0. The second-order valence-corrected chi connectivity index (χ2v) is 3.91. The van der Waals surface area contributed by atoms with Gasteiger partial charge in [0.1, 0.15) is 0 Å². The van der Waals surface area contributed by atoms with Gasteiger partial charge in [-0.3, -0.25) is 0 Å². The Morgan fingerprint density at radius 2 is 2.07 bits per heavy atom. The zero-order valence-electron chi connectivity index (χ0n) is 8.30. The van der Waals surface area contributed by atoms with E-state index in [4.69, 9.17) is 0 Å². The van der Waals surface area contributed by atoms with Crippen LogP contribution in [0.3, 0.4) is 0 Å². The van der Waals surface area contributed by atoms with E-state index in [1.165, 1.54) is 0 Å². The van der Waals surface area contributed by atoms with Gasteiger partial charge in [-0.2, -0.15) is 9.37 Å². The summed E-state index contributed by atoms with van der Waals surface area (Å²) in [5.74, 6) is -2.95. The summed E-state index contributed by atoms with van der Waals surface area (Å²) in [6, 6.07) is 0.542. The molecule has 15 heavy (non-hydrogen) atoms. The Morgan fingerprint density at radius 1 is 1.33 bits per heavy atom. The maximum atomic E-state index is 13.3. The van der Waals surface area contributed by atoms with E-state index in [2.05, 4.69) is 4.98 Å². The summed E-state index contributed by atoms with van der Waals surface area (Å²) in [4.78, 5) is 4.94. The molecule has 1 aromatic rings. The van der Waals surface area contributed by atoms with Crippen LogP contribution < -0.4 is 4.90 Å². The molecule has 0 N–H and O–H groups in total. The van der Waals surface area contributed by atoms with Gasteiger partial charge in [0, 0.05) is 19.2 Å². The Labute approximate surface area is 85.7 Å². The summed E-state index contributed by atoms with van der Waals surface area (Å²) in [5, 5.41) is 0. The largest absolute Gasteiger partial charge is 0.354 e. The summed E-state index contributed by atoms with van der Waals surface area (Å²) in [7, 11) is 0. The van der Waals surface area contributed by atoms with Gasteiger partial charge in [0.05, 0.1) is 0 Å². The zero-order valence-corrected chi connectivity index (χ0v) is 8.30. The average molecular weight is 216 g/mol. The van der Waals surface area contributed by atoms with E-state index in [1.54, 1.807) is 4.90 Å². The summed E-state index contributed by atoms with van der Waals surface area (Å²) in [6.07, 6.45) is 0.917. The molecule has 1 aromatic heterocycles. The molecular formula is C10H11F3N2. The lowest BCUT2D eigenvalue weighted by molar-refractivity contribution is 0.463. The van der Waals surface area contributed by atoms with Crippen molar-refractivity contribution >= 4 is 5.82 Å². The van der Waals surface area contributed by atoms with Gasteiger partial charge in [0.15, 0.2) is 17.5 Å². The van der Waals surface area contributed by atoms with Crippen LogP contribution in [0.2, 0.25) is 0 Å². The van der Waals surface area contributed by atoms with Gasteiger partial charge in [0.25, 0.3) is 5.95 Å². The fraction of sp³-hybridized carbons (Fsp3) is 0.500. The second-order valence-electron chi connectivity index (χ2n) is 3.91. The molecule has 0 radical (unpaired) electrons. The van der Waals surface area contributed by atoms with Crippen LogP contribution in [-0.2, 0) is 0 Å². The standard InChI is InChI=1S/C10H11F3N2/c1-6-2-3-15(5-6)10-8(12)4-7(11)9(13)14-10/h4,6H,2-3,5H2,1H3. The average Bonchev–Trinajstić information content (AvgIpc) is 2.58. The summed E-state index contributed by atoms with van der Waals surface area (Å²) in [6.45, 7) is 3.29. The molecule has 0 saturated carbocycles. The van der Waals surface area contributed by atoms with Crippen molar-refractivity contribution in [1.29, 1.82) is 0 Å². The summed E-state index contributed by atoms with van der Waals surface area (Å²) < 4.78 is 38.8. The van der Waals surface area contributed by atoms with Crippen LogP contribution in [0.25, 0.3) is 0 Å². The topological polar surface area (TPSA) is 16.1 Å². The lowest BCUT2D eigenvalue weighted by atomic mass is 10.2. The minimum Gasteiger partial charge on any atom is -0.354 e. The fourth-order valence-electron chi connectivity index (χ4n) is 1.78. The molecule has 0 aliphatic carbocycles. The van der Waals surface area contributed by atoms with Crippen LogP contribution in [0, 0.1) is 23.5 Å². The van der Waals surface area contributed by atoms with Crippen molar-refractivity contribution in [1.82, 2.24) is 4.98 Å². The van der Waals surface area contributed by atoms with Crippen molar-refractivity contribution < 1.29 is 13.2 Å². The van der Waals surface area contributed by atoms with E-state index >= 15 is 0 Å². The molecule has 1 atom stereocenters. The molecule has 1 saturated heterocycles. The van der Waals surface area contributed by atoms with Gasteiger partial charge in [-0.15, -0.1) is 0 Å². The molecule has 1 unspecified atom stereocenters. The Kier molecular flexibility index (Phi) is 2.54. The molecule has 5 heteroatoms. The highest BCUT2D eigenvalue weighted by molar-refractivity contribution is 5.41. The number of hydrogen-bond acceptors (Lipinski definition) is 2. The first kappa shape index (κ1) is 10.3. The van der Waals surface area contributed by atoms with Crippen LogP contribution in [0.1, 0.15) is 13.3 Å². The summed E-state index contributed by atoms with van der Waals surface area (Å²) in [5.41, 5.74) is 0. The second kappa shape index (κ2) is 3.72. The first-order chi connectivity index (χ1) is 7.08. The molecule has 1 aliphatic rings. The van der Waals surface area contributed by atoms with Gasteiger partial charge in [0.2, 0.25) is 0 Å². The van der Waals surface area contributed by atoms with Gasteiger partial charge >= 0.3 is 0 Å². The monoisotopic (exact) mass is 216 g/mol. The van der Waals surface area contributed by atoms with Crippen LogP contribution in [0.4, 0.5) is 19.0 Å². The van der Waals surface area contributed by atoms with E-state index in [0.717, 1.165) is 6.42 Å². The van der Waals surface area contributed by atoms with Crippen molar-refractivity contribution in [3.8, 4) is 0 Å². The Hall–Kier alpha value is -1.26. The molecule has 0 bridgehead atoms. The number of anilines is 1. The molecule has 1 fully saturated rings. The fourth-order valence-corrected chi connectivity index (χ4v) is 1.78. The minimum absolute atomic E-state index is 0.0850. The van der Waals surface area contributed by atoms with Crippen LogP contribution >= 0.6 is 0 Å². The Morgan fingerprint density at radius 3 is 2.67 bits per heavy atom. The first-order valence-corrected chi connectivity index (χ1v) is 4.84. The zero-order chi connectivity index (χ0) is 11.0. The van der Waals surface area contributed by atoms with Gasteiger partial charge in [-0.1, -0.05) is 6.92 Å². The quantitative estimate of drug-likeness (QED) is 0.670. The molecule has 0 spiro atoms. The lowest BCUT2D eigenvalue weighted by Gasteiger charge is -2.17. The first-order valence-electron chi connectivity index (χ1n) is 4.84. The number of pyridine rings is 1. The lowest BCUT2D eigenvalue weighted by Crippen LogP contribution is -2.22. The van der Waals surface area contributed by atoms with Gasteiger partial charge in [-0.25, -0.2) is 8.78 Å². The van der Waals surface area contributed by atoms with Crippen molar-refractivity contribution in [3.05, 3.63) is 23.6 Å². The SMILES string of the molecule is CC1CCN(c2nc(F)c(F)cc2F)C1. The number of halogens is 3. The molecule has 0 amide bonds. The van der Waals surface area contributed by atoms with E-state index in [9.17, 15) is 13.2 Å². The van der Waals surface area contributed by atoms with Crippen LogP contribution in [0.15, 0.2) is 6.07 Å². The Balaban J connectivity index is 2.32. The normalized spacial score (nSPS) is 21.1. The van der Waals surface area contributed by atoms with E-state index < -0.39 is 17.6 Å². The number of nitrogens with zero attached hydrogens (tertiary/aromatic N) is 2. The molecule has 2 heterocycles. The molecule has 2 rings (SSSR count). The van der Waals surface area contributed by atoms with E-state index in [1.807, 2.05) is 6.92 Å². The van der Waals surface area contributed by atoms with Crippen molar-refractivity contribution in [3.63, 3.8) is 0 Å². The Bertz CT molecular complexity index is 381. The van der Waals surface area contributed by atoms with E-state index in [0.29, 0.717) is 25.1 Å². The van der Waals surface area contributed by atoms with Gasteiger partial charge < -0.3 is 4.90 Å². The highest BCUT2D eigenvalue weighted by Crippen LogP contribution is 2.25. The molecule has 2 nitrogen and oxygen atoms in total.